The highest BCUT2D eigenvalue weighted by atomic mass is 16.8. The van der Waals surface area contributed by atoms with Gasteiger partial charge in [-0.3, -0.25) is 0 Å². The van der Waals surface area contributed by atoms with Gasteiger partial charge in [-0.2, -0.15) is 0 Å². The summed E-state index contributed by atoms with van der Waals surface area (Å²) < 4.78 is 73.6. The maximum Gasteiger partial charge on any atom is 0.188 e. The van der Waals surface area contributed by atoms with Crippen LogP contribution in [0.3, 0.4) is 0 Å². The Morgan fingerprint density at radius 2 is 0.836 bits per heavy atom. The van der Waals surface area contributed by atoms with E-state index < -0.39 is 74.0 Å². The molecule has 0 saturated carbocycles. The molecule has 5 aromatic rings. The monoisotopic (exact) mass is 826 g/mol. The molecule has 4 heterocycles. The van der Waals surface area contributed by atoms with Crippen LogP contribution in [0.1, 0.15) is 40.4 Å². The third kappa shape index (κ3) is 10.1. The zero-order valence-electron chi connectivity index (χ0n) is 33.7. The van der Waals surface area contributed by atoms with Gasteiger partial charge in [-0.05, 0) is 16.7 Å². The Morgan fingerprint density at radius 1 is 0.443 bits per heavy atom. The van der Waals surface area contributed by atoms with Crippen molar-refractivity contribution in [1.29, 1.82) is 0 Å². The van der Waals surface area contributed by atoms with E-state index in [4.69, 9.17) is 58.5 Å². The molecule has 0 spiro atoms. The normalized spacial score (nSPS) is 31.0. The minimum Gasteiger partial charge on any atom is -0.368 e. The minimum atomic E-state index is -1.05. The van der Waals surface area contributed by atoms with Crippen LogP contribution in [0.5, 0.6) is 0 Å². The van der Waals surface area contributed by atoms with Crippen LogP contribution < -0.4 is 0 Å². The standard InChI is InChI=1S/C50H50O11/c1-2-28-51-49-46(44(53-30-35-20-10-4-11-21-35)42-39(57-49)32-55-48(60-42)38-26-16-7-17-27-38)61-50-45(54-31-36-22-12-5-13-23-36)43(52-29-34-18-8-3-9-19-34)41-40(58-50)33-56-47(59-41)37-24-14-6-15-25-37/h1,3-27,39-50H,28-33H2/t39-,40-,41-,42-,43+,44+,45+,46+,47?,48?,49-,50+/m1/s1. The van der Waals surface area contributed by atoms with E-state index in [9.17, 15) is 0 Å². The average molecular weight is 827 g/mol. The molecule has 2 unspecified atom stereocenters. The van der Waals surface area contributed by atoms with Crippen molar-refractivity contribution in [2.24, 2.45) is 0 Å². The number of terminal acetylenes is 1. The average Bonchev–Trinajstić information content (AvgIpc) is 3.33. The van der Waals surface area contributed by atoms with Gasteiger partial charge in [0.2, 0.25) is 0 Å². The highest BCUT2D eigenvalue weighted by Gasteiger charge is 2.57. The van der Waals surface area contributed by atoms with Gasteiger partial charge in [-0.15, -0.1) is 6.42 Å². The molecular weight excluding hydrogens is 777 g/mol. The van der Waals surface area contributed by atoms with Crippen molar-refractivity contribution in [3.05, 3.63) is 179 Å². The number of rotatable bonds is 15. The largest absolute Gasteiger partial charge is 0.368 e. The van der Waals surface area contributed by atoms with Gasteiger partial charge in [-0.1, -0.05) is 158 Å². The van der Waals surface area contributed by atoms with Crippen molar-refractivity contribution in [3.8, 4) is 12.3 Å². The summed E-state index contributed by atoms with van der Waals surface area (Å²) in [4.78, 5) is 0. The minimum absolute atomic E-state index is 0.0444. The molecule has 4 saturated heterocycles. The van der Waals surface area contributed by atoms with Gasteiger partial charge in [0.25, 0.3) is 0 Å². The van der Waals surface area contributed by atoms with E-state index in [0.29, 0.717) is 0 Å². The van der Waals surface area contributed by atoms with Crippen molar-refractivity contribution in [2.75, 3.05) is 19.8 Å². The first-order valence-electron chi connectivity index (χ1n) is 20.8. The Bertz CT molecular complexity index is 2110. The maximum atomic E-state index is 7.17. The number of fused-ring (bicyclic) bond motifs is 2. The van der Waals surface area contributed by atoms with Crippen LogP contribution in [-0.4, -0.2) is 81.2 Å². The van der Waals surface area contributed by atoms with Gasteiger partial charge in [0.05, 0.1) is 33.0 Å². The molecular formula is C50H50O11. The van der Waals surface area contributed by atoms with Crippen LogP contribution in [-0.2, 0) is 71.9 Å². The Kier molecular flexibility index (Phi) is 13.9. The lowest BCUT2D eigenvalue weighted by atomic mass is 9.95. The van der Waals surface area contributed by atoms with Crippen molar-refractivity contribution in [2.45, 2.75) is 93.8 Å². The molecule has 0 amide bonds. The molecule has 0 radical (unpaired) electrons. The van der Waals surface area contributed by atoms with Crippen LogP contribution in [0.4, 0.5) is 0 Å². The molecule has 316 valence electrons. The van der Waals surface area contributed by atoms with E-state index in [-0.39, 0.29) is 39.6 Å². The predicted octanol–water partition coefficient (Wildman–Crippen LogP) is 7.46. The number of hydrogen-bond acceptors (Lipinski definition) is 11. The SMILES string of the molecule is C#CCO[C@@H]1O[C@@H]2COC(c3ccccc3)O[C@H]2[C@H](OCc2ccccc2)[C@@H]1O[C@@H]1O[C@@H]2COC(c3ccccc3)O[C@H]2[C@H](OCc2ccccc2)[C@@H]1OCc1ccccc1. The first-order valence-corrected chi connectivity index (χ1v) is 20.8. The highest BCUT2D eigenvalue weighted by molar-refractivity contribution is 5.19. The van der Waals surface area contributed by atoms with Crippen molar-refractivity contribution in [3.63, 3.8) is 0 Å². The van der Waals surface area contributed by atoms with Gasteiger partial charge < -0.3 is 52.1 Å². The summed E-state index contributed by atoms with van der Waals surface area (Å²) in [5.74, 6) is 2.58. The van der Waals surface area contributed by atoms with Gasteiger partial charge in [0.1, 0.15) is 55.4 Å². The Morgan fingerprint density at radius 3 is 1.28 bits per heavy atom. The first-order chi connectivity index (χ1) is 30.2. The topological polar surface area (TPSA) is 102 Å². The molecule has 12 atom stereocenters. The summed E-state index contributed by atoms with van der Waals surface area (Å²) in [6.45, 7) is 1.16. The molecule has 9 rings (SSSR count). The Labute approximate surface area is 356 Å². The maximum absolute atomic E-state index is 7.17. The molecule has 0 bridgehead atoms. The molecule has 4 fully saturated rings. The zero-order valence-corrected chi connectivity index (χ0v) is 33.7. The highest BCUT2D eigenvalue weighted by Crippen LogP contribution is 2.41. The molecule has 11 nitrogen and oxygen atoms in total. The molecule has 61 heavy (non-hydrogen) atoms. The molecule has 4 aliphatic heterocycles. The van der Waals surface area contributed by atoms with Gasteiger partial charge in [-0.25, -0.2) is 0 Å². The number of hydrogen-bond donors (Lipinski definition) is 0. The lowest BCUT2D eigenvalue weighted by molar-refractivity contribution is -0.412. The summed E-state index contributed by atoms with van der Waals surface area (Å²) in [7, 11) is 0. The predicted molar refractivity (Wildman–Crippen MR) is 222 cm³/mol. The lowest BCUT2D eigenvalue weighted by Gasteiger charge is -2.52. The third-order valence-electron chi connectivity index (χ3n) is 11.2. The molecule has 0 aromatic heterocycles. The fraction of sp³-hybridized carbons (Fsp3) is 0.360. The molecule has 0 N–H and O–H groups in total. The molecule has 4 aliphatic rings. The van der Waals surface area contributed by atoms with Gasteiger partial charge in [0, 0.05) is 11.1 Å². The van der Waals surface area contributed by atoms with Crippen LogP contribution in [0.15, 0.2) is 152 Å². The first kappa shape index (κ1) is 41.6. The molecule has 5 aromatic carbocycles. The second-order valence-electron chi connectivity index (χ2n) is 15.3. The second kappa shape index (κ2) is 20.4. The quantitative estimate of drug-likeness (QED) is 0.0985. The third-order valence-corrected chi connectivity index (χ3v) is 11.2. The van der Waals surface area contributed by atoms with Gasteiger partial charge >= 0.3 is 0 Å². The van der Waals surface area contributed by atoms with Crippen LogP contribution in [0, 0.1) is 12.3 Å². The van der Waals surface area contributed by atoms with E-state index in [1.165, 1.54) is 0 Å². The summed E-state index contributed by atoms with van der Waals surface area (Å²) >= 11 is 0. The fourth-order valence-corrected chi connectivity index (χ4v) is 8.18. The fourth-order valence-electron chi connectivity index (χ4n) is 8.18. The summed E-state index contributed by atoms with van der Waals surface area (Å²) in [5, 5.41) is 0. The van der Waals surface area contributed by atoms with Crippen LogP contribution >= 0.6 is 0 Å². The van der Waals surface area contributed by atoms with Crippen LogP contribution in [0.2, 0.25) is 0 Å². The number of benzene rings is 5. The molecule has 11 heteroatoms. The van der Waals surface area contributed by atoms with Gasteiger partial charge in [0.15, 0.2) is 25.2 Å². The van der Waals surface area contributed by atoms with E-state index in [1.807, 2.05) is 152 Å². The lowest BCUT2D eigenvalue weighted by Crippen LogP contribution is -2.67. The summed E-state index contributed by atoms with van der Waals surface area (Å²) in [6.07, 6.45) is -3.22. The summed E-state index contributed by atoms with van der Waals surface area (Å²) in [6, 6.07) is 49.5. The van der Waals surface area contributed by atoms with Crippen LogP contribution in [0.25, 0.3) is 0 Å². The molecule has 0 aliphatic carbocycles. The van der Waals surface area contributed by atoms with E-state index in [0.717, 1.165) is 27.8 Å². The number of ether oxygens (including phenoxy) is 11. The Hall–Kier alpha value is -4.78. The van der Waals surface area contributed by atoms with E-state index >= 15 is 0 Å². The summed E-state index contributed by atoms with van der Waals surface area (Å²) in [5.41, 5.74) is 4.67. The smallest absolute Gasteiger partial charge is 0.188 e. The second-order valence-corrected chi connectivity index (χ2v) is 15.3. The van der Waals surface area contributed by atoms with Crippen molar-refractivity contribution >= 4 is 0 Å². The van der Waals surface area contributed by atoms with Crippen molar-refractivity contribution in [1.82, 2.24) is 0 Å². The Balaban J connectivity index is 1.07. The van der Waals surface area contributed by atoms with E-state index in [2.05, 4.69) is 5.92 Å². The van der Waals surface area contributed by atoms with E-state index in [1.54, 1.807) is 0 Å². The van der Waals surface area contributed by atoms with Crippen molar-refractivity contribution < 1.29 is 52.1 Å². The zero-order chi connectivity index (χ0) is 41.2.